The number of hydrogen-bond donors (Lipinski definition) is 0. The second kappa shape index (κ2) is 17.5. The molecule has 0 aliphatic rings. The molecule has 0 aliphatic heterocycles. The third-order valence-corrected chi connectivity index (χ3v) is 6.40. The molecular weight excluding hydrogens is 384 g/mol. The lowest BCUT2D eigenvalue weighted by atomic mass is 10.0. The summed E-state index contributed by atoms with van der Waals surface area (Å²) >= 11 is 0. The largest absolute Gasteiger partial charge is 0.0654 e. The first-order chi connectivity index (χ1) is 15.8. The topological polar surface area (TPSA) is 0 Å². The minimum absolute atomic E-state index is 1.11. The molecule has 0 bridgehead atoms. The van der Waals surface area contributed by atoms with Gasteiger partial charge in [0, 0.05) is 11.1 Å². The van der Waals surface area contributed by atoms with E-state index in [1.165, 1.54) is 114 Å². The standard InChI is InChI=1S/C32H46/c1-3-5-7-9-11-13-15-17-29-19-23-31(24-20-29)27-28-32-25-21-30(22-26-32)18-16-14-12-10-8-6-4-2/h19-26H,3-18H2,1-2H3. The Kier molecular flexibility index (Phi) is 14.4. The smallest absolute Gasteiger partial charge is 0.0249 e. The second-order valence-electron chi connectivity index (χ2n) is 9.39. The van der Waals surface area contributed by atoms with Gasteiger partial charge >= 0.3 is 0 Å². The van der Waals surface area contributed by atoms with Crippen LogP contribution in [0.1, 0.15) is 126 Å². The molecule has 0 heterocycles. The van der Waals surface area contributed by atoms with Crippen molar-refractivity contribution in [2.24, 2.45) is 0 Å². The van der Waals surface area contributed by atoms with Gasteiger partial charge in [-0.2, -0.15) is 0 Å². The van der Waals surface area contributed by atoms with Gasteiger partial charge in [0.05, 0.1) is 0 Å². The Hall–Kier alpha value is -2.00. The molecule has 2 aromatic carbocycles. The average molecular weight is 431 g/mol. The van der Waals surface area contributed by atoms with E-state index in [2.05, 4.69) is 74.2 Å². The van der Waals surface area contributed by atoms with E-state index in [1.807, 2.05) is 0 Å². The first kappa shape index (κ1) is 26.3. The van der Waals surface area contributed by atoms with Crippen molar-refractivity contribution in [2.75, 3.05) is 0 Å². The van der Waals surface area contributed by atoms with E-state index in [1.54, 1.807) is 0 Å². The summed E-state index contributed by atoms with van der Waals surface area (Å²) in [7, 11) is 0. The Morgan fingerprint density at radius 2 is 0.719 bits per heavy atom. The lowest BCUT2D eigenvalue weighted by Crippen LogP contribution is -1.88. The van der Waals surface area contributed by atoms with Gasteiger partial charge in [-0.25, -0.2) is 0 Å². The lowest BCUT2D eigenvalue weighted by molar-refractivity contribution is 0.589. The Morgan fingerprint density at radius 1 is 0.406 bits per heavy atom. The molecule has 0 unspecified atom stereocenters. The molecule has 0 saturated heterocycles. The second-order valence-corrected chi connectivity index (χ2v) is 9.39. The lowest BCUT2D eigenvalue weighted by Gasteiger charge is -2.03. The predicted molar refractivity (Wildman–Crippen MR) is 142 cm³/mol. The molecule has 0 amide bonds. The van der Waals surface area contributed by atoms with Crippen LogP contribution in [-0.2, 0) is 12.8 Å². The van der Waals surface area contributed by atoms with Gasteiger partial charge in [-0.05, 0) is 61.1 Å². The van der Waals surface area contributed by atoms with Gasteiger partial charge in [-0.3, -0.25) is 0 Å². The van der Waals surface area contributed by atoms with E-state index in [9.17, 15) is 0 Å². The zero-order valence-electron chi connectivity index (χ0n) is 20.9. The van der Waals surface area contributed by atoms with Crippen molar-refractivity contribution >= 4 is 0 Å². The Balaban J connectivity index is 1.66. The van der Waals surface area contributed by atoms with Gasteiger partial charge in [0.2, 0.25) is 0 Å². The molecule has 0 aliphatic carbocycles. The maximum absolute atomic E-state index is 3.33. The van der Waals surface area contributed by atoms with Gasteiger partial charge < -0.3 is 0 Å². The Labute approximate surface area is 199 Å². The summed E-state index contributed by atoms with van der Waals surface area (Å²) in [6.07, 6.45) is 21.6. The van der Waals surface area contributed by atoms with Crippen LogP contribution in [0.4, 0.5) is 0 Å². The van der Waals surface area contributed by atoms with Crippen molar-refractivity contribution in [1.82, 2.24) is 0 Å². The summed E-state index contributed by atoms with van der Waals surface area (Å²) in [4.78, 5) is 0. The number of rotatable bonds is 16. The third-order valence-electron chi connectivity index (χ3n) is 6.40. The van der Waals surface area contributed by atoms with Crippen LogP contribution in [0.25, 0.3) is 0 Å². The number of hydrogen-bond acceptors (Lipinski definition) is 0. The number of unbranched alkanes of at least 4 members (excludes halogenated alkanes) is 12. The molecule has 174 valence electrons. The molecule has 2 rings (SSSR count). The highest BCUT2D eigenvalue weighted by molar-refractivity contribution is 5.44. The van der Waals surface area contributed by atoms with E-state index in [0.29, 0.717) is 0 Å². The summed E-state index contributed by atoms with van der Waals surface area (Å²) < 4.78 is 0. The maximum atomic E-state index is 3.33. The van der Waals surface area contributed by atoms with Crippen LogP contribution in [0, 0.1) is 11.8 Å². The van der Waals surface area contributed by atoms with E-state index in [4.69, 9.17) is 0 Å². The zero-order chi connectivity index (χ0) is 22.7. The van der Waals surface area contributed by atoms with Crippen LogP contribution >= 0.6 is 0 Å². The van der Waals surface area contributed by atoms with E-state index in [0.717, 1.165) is 11.1 Å². The van der Waals surface area contributed by atoms with Gasteiger partial charge in [0.15, 0.2) is 0 Å². The van der Waals surface area contributed by atoms with Crippen LogP contribution in [0.15, 0.2) is 48.5 Å². The fraction of sp³-hybridized carbons (Fsp3) is 0.562. The highest BCUT2D eigenvalue weighted by Gasteiger charge is 1.97. The number of aryl methyl sites for hydroxylation is 2. The van der Waals surface area contributed by atoms with Crippen LogP contribution < -0.4 is 0 Å². The minimum Gasteiger partial charge on any atom is -0.0654 e. The van der Waals surface area contributed by atoms with Gasteiger partial charge in [-0.1, -0.05) is 127 Å². The molecule has 0 radical (unpaired) electrons. The van der Waals surface area contributed by atoms with Crippen molar-refractivity contribution in [3.05, 3.63) is 70.8 Å². The first-order valence-corrected chi connectivity index (χ1v) is 13.5. The van der Waals surface area contributed by atoms with Crippen molar-refractivity contribution in [2.45, 2.75) is 117 Å². The van der Waals surface area contributed by atoms with Crippen molar-refractivity contribution in [1.29, 1.82) is 0 Å². The summed E-state index contributed by atoms with van der Waals surface area (Å²) in [5, 5.41) is 0. The molecule has 0 fully saturated rings. The molecule has 0 heteroatoms. The van der Waals surface area contributed by atoms with Crippen molar-refractivity contribution in [3.8, 4) is 11.8 Å². The molecule has 0 N–H and O–H groups in total. The monoisotopic (exact) mass is 430 g/mol. The molecule has 0 aromatic heterocycles. The predicted octanol–water partition coefficient (Wildman–Crippen LogP) is 9.67. The summed E-state index contributed by atoms with van der Waals surface area (Å²) in [5.41, 5.74) is 5.11. The third kappa shape index (κ3) is 12.1. The Morgan fingerprint density at radius 3 is 1.06 bits per heavy atom. The van der Waals surface area contributed by atoms with Crippen LogP contribution in [0.2, 0.25) is 0 Å². The van der Waals surface area contributed by atoms with Crippen molar-refractivity contribution < 1.29 is 0 Å². The normalized spacial score (nSPS) is 10.7. The fourth-order valence-corrected chi connectivity index (χ4v) is 4.23. The molecule has 0 spiro atoms. The highest BCUT2D eigenvalue weighted by atomic mass is 14.0. The van der Waals surface area contributed by atoms with Crippen LogP contribution in [-0.4, -0.2) is 0 Å². The molecule has 0 nitrogen and oxygen atoms in total. The number of benzene rings is 2. The van der Waals surface area contributed by atoms with Crippen LogP contribution in [0.3, 0.4) is 0 Å². The molecule has 0 atom stereocenters. The summed E-state index contributed by atoms with van der Waals surface area (Å²) in [6, 6.07) is 17.7. The quantitative estimate of drug-likeness (QED) is 0.184. The zero-order valence-corrected chi connectivity index (χ0v) is 20.9. The molecule has 32 heavy (non-hydrogen) atoms. The van der Waals surface area contributed by atoms with Gasteiger partial charge in [0.1, 0.15) is 0 Å². The molecular formula is C32H46. The van der Waals surface area contributed by atoms with E-state index < -0.39 is 0 Å². The average Bonchev–Trinajstić information content (AvgIpc) is 2.83. The van der Waals surface area contributed by atoms with Gasteiger partial charge in [-0.15, -0.1) is 0 Å². The van der Waals surface area contributed by atoms with E-state index in [-0.39, 0.29) is 0 Å². The summed E-state index contributed by atoms with van der Waals surface area (Å²) in [5.74, 6) is 6.66. The SMILES string of the molecule is CCCCCCCCCc1ccc(C#Cc2ccc(CCCCCCCCC)cc2)cc1. The summed E-state index contributed by atoms with van der Waals surface area (Å²) in [6.45, 7) is 4.56. The van der Waals surface area contributed by atoms with Crippen LogP contribution in [0.5, 0.6) is 0 Å². The highest BCUT2D eigenvalue weighted by Crippen LogP contribution is 2.13. The van der Waals surface area contributed by atoms with E-state index >= 15 is 0 Å². The molecule has 2 aromatic rings. The van der Waals surface area contributed by atoms with Crippen molar-refractivity contribution in [3.63, 3.8) is 0 Å². The maximum Gasteiger partial charge on any atom is 0.0249 e. The Bertz CT molecular complexity index is 689. The molecule has 0 saturated carbocycles. The fourth-order valence-electron chi connectivity index (χ4n) is 4.23. The minimum atomic E-state index is 1.11. The first-order valence-electron chi connectivity index (χ1n) is 13.5. The van der Waals surface area contributed by atoms with Gasteiger partial charge in [0.25, 0.3) is 0 Å².